The summed E-state index contributed by atoms with van der Waals surface area (Å²) in [4.78, 5) is 2.41. The lowest BCUT2D eigenvalue weighted by Gasteiger charge is -2.31. The summed E-state index contributed by atoms with van der Waals surface area (Å²) in [5.74, 6) is 0.797. The predicted molar refractivity (Wildman–Crippen MR) is 78.1 cm³/mol. The molecule has 1 aromatic heterocycles. The molecule has 2 N–H and O–H groups in total. The summed E-state index contributed by atoms with van der Waals surface area (Å²) in [6.45, 7) is 4.82. The Hall–Kier alpha value is -1.97. The molecular weight excluding hydrogens is 236 g/mol. The van der Waals surface area contributed by atoms with E-state index in [0.717, 1.165) is 31.0 Å². The number of benzene rings is 1. The molecule has 0 spiro atoms. The molecule has 0 atom stereocenters. The van der Waals surface area contributed by atoms with Crippen LogP contribution in [-0.2, 0) is 19.5 Å². The summed E-state index contributed by atoms with van der Waals surface area (Å²) in [5, 5.41) is 4.32. The fourth-order valence-corrected chi connectivity index (χ4v) is 2.79. The van der Waals surface area contributed by atoms with Gasteiger partial charge in [0.15, 0.2) is 0 Å². The van der Waals surface area contributed by atoms with Crippen LogP contribution >= 0.6 is 0 Å². The smallest absolute Gasteiger partial charge is 0.126 e. The molecule has 4 heteroatoms. The Bertz CT molecular complexity index is 573. The summed E-state index contributed by atoms with van der Waals surface area (Å²) in [6, 6.07) is 8.65. The number of rotatable bonds is 3. The lowest BCUT2D eigenvalue weighted by molar-refractivity contribution is 0.668. The number of nitrogens with zero attached hydrogens (tertiary/aromatic N) is 3. The van der Waals surface area contributed by atoms with E-state index < -0.39 is 0 Å². The minimum Gasteiger partial charge on any atom is -0.384 e. The van der Waals surface area contributed by atoms with Gasteiger partial charge < -0.3 is 10.6 Å². The van der Waals surface area contributed by atoms with Crippen LogP contribution in [0.4, 0.5) is 11.5 Å². The second kappa shape index (κ2) is 4.96. The molecule has 0 saturated heterocycles. The Balaban J connectivity index is 1.86. The van der Waals surface area contributed by atoms with Crippen LogP contribution in [-0.4, -0.2) is 16.3 Å². The highest BCUT2D eigenvalue weighted by Crippen LogP contribution is 2.28. The lowest BCUT2D eigenvalue weighted by Crippen LogP contribution is -2.28. The van der Waals surface area contributed by atoms with Crippen molar-refractivity contribution in [3.8, 4) is 0 Å². The minimum absolute atomic E-state index is 0.797. The van der Waals surface area contributed by atoms with Crippen molar-refractivity contribution in [2.75, 3.05) is 17.2 Å². The van der Waals surface area contributed by atoms with E-state index in [1.807, 2.05) is 10.9 Å². The van der Waals surface area contributed by atoms with E-state index in [0.29, 0.717) is 0 Å². The SMILES string of the molecule is CCn1ncc(CN2CCCc3ccccc32)c1N. The van der Waals surface area contributed by atoms with Crippen LogP contribution in [0, 0.1) is 0 Å². The maximum atomic E-state index is 6.12. The second-order valence-corrected chi connectivity index (χ2v) is 5.02. The Morgan fingerprint density at radius 1 is 1.32 bits per heavy atom. The Kier molecular flexibility index (Phi) is 3.15. The number of nitrogens with two attached hydrogens (primary N) is 1. The molecule has 3 rings (SSSR count). The topological polar surface area (TPSA) is 47.1 Å². The number of fused-ring (bicyclic) bond motifs is 1. The van der Waals surface area contributed by atoms with E-state index in [1.165, 1.54) is 24.1 Å². The van der Waals surface area contributed by atoms with Gasteiger partial charge >= 0.3 is 0 Å². The molecule has 0 fully saturated rings. The lowest BCUT2D eigenvalue weighted by atomic mass is 10.0. The molecule has 0 unspecified atom stereocenters. The van der Waals surface area contributed by atoms with Crippen molar-refractivity contribution in [3.63, 3.8) is 0 Å². The van der Waals surface area contributed by atoms with Gasteiger partial charge in [0.25, 0.3) is 0 Å². The van der Waals surface area contributed by atoms with E-state index in [4.69, 9.17) is 5.73 Å². The molecule has 1 aromatic carbocycles. The number of nitrogen functional groups attached to an aromatic ring is 1. The molecule has 0 amide bonds. The summed E-state index contributed by atoms with van der Waals surface area (Å²) >= 11 is 0. The van der Waals surface area contributed by atoms with Gasteiger partial charge in [0.05, 0.1) is 6.20 Å². The maximum Gasteiger partial charge on any atom is 0.126 e. The van der Waals surface area contributed by atoms with Crippen LogP contribution < -0.4 is 10.6 Å². The fourth-order valence-electron chi connectivity index (χ4n) is 2.79. The molecule has 4 nitrogen and oxygen atoms in total. The van der Waals surface area contributed by atoms with Crippen molar-refractivity contribution < 1.29 is 0 Å². The van der Waals surface area contributed by atoms with Crippen molar-refractivity contribution in [1.29, 1.82) is 0 Å². The first-order valence-corrected chi connectivity index (χ1v) is 6.92. The number of hydrogen-bond acceptors (Lipinski definition) is 3. The Morgan fingerprint density at radius 3 is 2.95 bits per heavy atom. The van der Waals surface area contributed by atoms with Crippen LogP contribution in [0.1, 0.15) is 24.5 Å². The zero-order valence-corrected chi connectivity index (χ0v) is 11.3. The highest BCUT2D eigenvalue weighted by molar-refractivity contribution is 5.56. The van der Waals surface area contributed by atoms with Gasteiger partial charge in [-0.25, -0.2) is 0 Å². The molecule has 0 radical (unpaired) electrons. The molecule has 0 aliphatic carbocycles. The van der Waals surface area contributed by atoms with E-state index in [9.17, 15) is 0 Å². The monoisotopic (exact) mass is 256 g/mol. The first-order chi connectivity index (χ1) is 9.29. The molecule has 2 heterocycles. The Labute approximate surface area is 113 Å². The number of anilines is 2. The molecule has 0 saturated carbocycles. The van der Waals surface area contributed by atoms with Gasteiger partial charge in [-0.15, -0.1) is 0 Å². The zero-order valence-electron chi connectivity index (χ0n) is 11.3. The van der Waals surface area contributed by atoms with E-state index in [1.54, 1.807) is 0 Å². The van der Waals surface area contributed by atoms with Crippen LogP contribution in [0.3, 0.4) is 0 Å². The molecule has 1 aliphatic rings. The van der Waals surface area contributed by atoms with E-state index >= 15 is 0 Å². The first-order valence-electron chi connectivity index (χ1n) is 6.92. The highest BCUT2D eigenvalue weighted by Gasteiger charge is 2.18. The number of aryl methyl sites for hydroxylation is 2. The van der Waals surface area contributed by atoms with E-state index in [-0.39, 0.29) is 0 Å². The average Bonchev–Trinajstić information content (AvgIpc) is 2.80. The van der Waals surface area contributed by atoms with Crippen LogP contribution in [0.25, 0.3) is 0 Å². The van der Waals surface area contributed by atoms with Crippen LogP contribution in [0.5, 0.6) is 0 Å². The summed E-state index contributed by atoms with van der Waals surface area (Å²) in [7, 11) is 0. The van der Waals surface area contributed by atoms with E-state index in [2.05, 4.69) is 41.2 Å². The molecule has 1 aliphatic heterocycles. The number of aromatic nitrogens is 2. The van der Waals surface area contributed by atoms with Gasteiger partial charge in [0, 0.05) is 30.9 Å². The van der Waals surface area contributed by atoms with Gasteiger partial charge in [-0.1, -0.05) is 18.2 Å². The van der Waals surface area contributed by atoms with Gasteiger partial charge in [0.1, 0.15) is 5.82 Å². The normalized spacial score (nSPS) is 14.5. The minimum atomic E-state index is 0.797. The van der Waals surface area contributed by atoms with Crippen molar-refractivity contribution in [1.82, 2.24) is 9.78 Å². The van der Waals surface area contributed by atoms with Gasteiger partial charge in [-0.05, 0) is 31.4 Å². The van der Waals surface area contributed by atoms with Crippen LogP contribution in [0.15, 0.2) is 30.5 Å². The van der Waals surface area contributed by atoms with Crippen molar-refractivity contribution >= 4 is 11.5 Å². The van der Waals surface area contributed by atoms with Crippen molar-refractivity contribution in [2.24, 2.45) is 0 Å². The van der Waals surface area contributed by atoms with Crippen molar-refractivity contribution in [2.45, 2.75) is 32.9 Å². The highest BCUT2D eigenvalue weighted by atomic mass is 15.3. The predicted octanol–water partition coefficient (Wildman–Crippen LogP) is 2.44. The summed E-state index contributed by atoms with van der Waals surface area (Å²) in [5.41, 5.74) is 10.0. The van der Waals surface area contributed by atoms with Crippen molar-refractivity contribution in [3.05, 3.63) is 41.6 Å². The average molecular weight is 256 g/mol. The van der Waals surface area contributed by atoms with Gasteiger partial charge in [0.2, 0.25) is 0 Å². The summed E-state index contributed by atoms with van der Waals surface area (Å²) < 4.78 is 1.85. The molecule has 2 aromatic rings. The molecule has 0 bridgehead atoms. The molecule has 19 heavy (non-hydrogen) atoms. The summed E-state index contributed by atoms with van der Waals surface area (Å²) in [6.07, 6.45) is 4.28. The Morgan fingerprint density at radius 2 is 2.16 bits per heavy atom. The standard InChI is InChI=1S/C15H20N4/c1-2-19-15(16)13(10-17-19)11-18-9-5-7-12-6-3-4-8-14(12)18/h3-4,6,8,10H,2,5,7,9,11,16H2,1H3. The third kappa shape index (κ3) is 2.18. The quantitative estimate of drug-likeness (QED) is 0.917. The second-order valence-electron chi connectivity index (χ2n) is 5.02. The first kappa shape index (κ1) is 12.1. The molecule has 100 valence electrons. The maximum absolute atomic E-state index is 6.12. The fraction of sp³-hybridized carbons (Fsp3) is 0.400. The molecular formula is C15H20N4. The third-order valence-corrected chi connectivity index (χ3v) is 3.83. The largest absolute Gasteiger partial charge is 0.384 e. The third-order valence-electron chi connectivity index (χ3n) is 3.83. The van der Waals surface area contributed by atoms with Gasteiger partial charge in [-0.3, -0.25) is 4.68 Å². The zero-order chi connectivity index (χ0) is 13.2. The van der Waals surface area contributed by atoms with Crippen LogP contribution in [0.2, 0.25) is 0 Å². The van der Waals surface area contributed by atoms with Gasteiger partial charge in [-0.2, -0.15) is 5.10 Å². The number of hydrogen-bond donors (Lipinski definition) is 1. The number of para-hydroxylation sites is 1.